The summed E-state index contributed by atoms with van der Waals surface area (Å²) in [4.78, 5) is 0. The molecule has 0 aliphatic rings. The highest BCUT2D eigenvalue weighted by Crippen LogP contribution is 2.18. The minimum absolute atomic E-state index is 0.191. The van der Waals surface area contributed by atoms with E-state index in [2.05, 4.69) is 0 Å². The maximum atomic E-state index is 8.87. The lowest BCUT2D eigenvalue weighted by Gasteiger charge is -2.04. The van der Waals surface area contributed by atoms with E-state index in [1.54, 1.807) is 31.4 Å². The molecule has 3 nitrogen and oxygen atoms in total. The molecular formula is C10H12O3. The number of ether oxygens (including phenoxy) is 1. The first-order valence-electron chi connectivity index (χ1n) is 3.90. The molecule has 0 unspecified atom stereocenters. The molecule has 0 aromatic heterocycles. The lowest BCUT2D eigenvalue weighted by Crippen LogP contribution is -1.91. The fourth-order valence-electron chi connectivity index (χ4n) is 1.03. The van der Waals surface area contributed by atoms with E-state index in [1.807, 2.05) is 0 Å². The van der Waals surface area contributed by atoms with E-state index < -0.39 is 0 Å². The molecule has 1 rings (SSSR count). The second kappa shape index (κ2) is 4.52. The van der Waals surface area contributed by atoms with E-state index in [9.17, 15) is 0 Å². The Kier molecular flexibility index (Phi) is 3.34. The van der Waals surface area contributed by atoms with Gasteiger partial charge in [0.25, 0.3) is 0 Å². The Morgan fingerprint density at radius 3 is 2.85 bits per heavy atom. The number of benzene rings is 1. The van der Waals surface area contributed by atoms with Gasteiger partial charge in [0.05, 0.1) is 20.0 Å². The summed E-state index contributed by atoms with van der Waals surface area (Å²) >= 11 is 0. The van der Waals surface area contributed by atoms with Gasteiger partial charge in [0, 0.05) is 5.57 Å². The molecule has 0 spiro atoms. The Balaban J connectivity index is 3.00. The average Bonchev–Trinajstić information content (AvgIpc) is 2.20. The van der Waals surface area contributed by atoms with Crippen molar-refractivity contribution in [1.29, 1.82) is 0 Å². The van der Waals surface area contributed by atoms with Gasteiger partial charge < -0.3 is 14.9 Å². The predicted molar refractivity (Wildman–Crippen MR) is 50.7 cm³/mol. The highest BCUT2D eigenvalue weighted by molar-refractivity contribution is 5.66. The first-order chi connectivity index (χ1) is 6.31. The standard InChI is InChI=1S/C10H12O3/c1-13-10-4-2-3-8(5-10)9(6-11)7-12/h2-6,11-12H,7H2,1H3/b9-6+. The molecular weight excluding hydrogens is 168 g/mol. The van der Waals surface area contributed by atoms with Gasteiger partial charge in [0.2, 0.25) is 0 Å². The van der Waals surface area contributed by atoms with Gasteiger partial charge in [-0.05, 0) is 17.7 Å². The summed E-state index contributed by atoms with van der Waals surface area (Å²) in [5.74, 6) is 0.699. The lowest BCUT2D eigenvalue weighted by atomic mass is 10.1. The summed E-state index contributed by atoms with van der Waals surface area (Å²) in [6.45, 7) is -0.191. The molecule has 1 aromatic carbocycles. The van der Waals surface area contributed by atoms with Crippen LogP contribution in [-0.2, 0) is 0 Å². The highest BCUT2D eigenvalue weighted by Gasteiger charge is 2.00. The molecule has 0 saturated heterocycles. The largest absolute Gasteiger partial charge is 0.515 e. The zero-order valence-electron chi connectivity index (χ0n) is 7.40. The SMILES string of the molecule is COc1cccc(/C(=C/O)CO)c1. The van der Waals surface area contributed by atoms with E-state index in [0.717, 1.165) is 11.8 Å². The normalized spacial score (nSPS) is 11.4. The van der Waals surface area contributed by atoms with Gasteiger partial charge in [0.15, 0.2) is 0 Å². The minimum Gasteiger partial charge on any atom is -0.515 e. The topological polar surface area (TPSA) is 49.7 Å². The first-order valence-corrected chi connectivity index (χ1v) is 3.90. The lowest BCUT2D eigenvalue weighted by molar-refractivity contribution is 0.345. The summed E-state index contributed by atoms with van der Waals surface area (Å²) in [6.07, 6.45) is 0.898. The number of hydrogen-bond donors (Lipinski definition) is 2. The van der Waals surface area contributed by atoms with Crippen LogP contribution in [0.4, 0.5) is 0 Å². The Morgan fingerprint density at radius 2 is 2.31 bits per heavy atom. The zero-order chi connectivity index (χ0) is 9.68. The maximum Gasteiger partial charge on any atom is 0.119 e. The van der Waals surface area contributed by atoms with Gasteiger partial charge >= 0.3 is 0 Å². The molecule has 0 aliphatic carbocycles. The fourth-order valence-corrected chi connectivity index (χ4v) is 1.03. The van der Waals surface area contributed by atoms with E-state index >= 15 is 0 Å². The Bertz CT molecular complexity index is 305. The molecule has 0 heterocycles. The fraction of sp³-hybridized carbons (Fsp3) is 0.200. The van der Waals surface area contributed by atoms with Gasteiger partial charge in [-0.3, -0.25) is 0 Å². The van der Waals surface area contributed by atoms with Crippen molar-refractivity contribution in [3.8, 4) is 5.75 Å². The quantitative estimate of drug-likeness (QED) is 0.694. The van der Waals surface area contributed by atoms with Gasteiger partial charge in [-0.1, -0.05) is 12.1 Å². The smallest absolute Gasteiger partial charge is 0.119 e. The minimum atomic E-state index is -0.191. The Hall–Kier alpha value is -1.48. The van der Waals surface area contributed by atoms with Crippen molar-refractivity contribution >= 4 is 5.57 Å². The number of rotatable bonds is 3. The predicted octanol–water partition coefficient (Wildman–Crippen LogP) is 1.59. The van der Waals surface area contributed by atoms with Crippen LogP contribution in [0.3, 0.4) is 0 Å². The van der Waals surface area contributed by atoms with Crippen LogP contribution < -0.4 is 4.74 Å². The van der Waals surface area contributed by atoms with Crippen LogP contribution in [0.25, 0.3) is 5.57 Å². The molecule has 0 aliphatic heterocycles. The maximum absolute atomic E-state index is 8.87. The molecule has 0 radical (unpaired) electrons. The van der Waals surface area contributed by atoms with Crippen LogP contribution in [0.1, 0.15) is 5.56 Å². The monoisotopic (exact) mass is 180 g/mol. The third kappa shape index (κ3) is 2.23. The molecule has 0 saturated carbocycles. The van der Waals surface area contributed by atoms with Gasteiger partial charge in [0.1, 0.15) is 5.75 Å². The molecule has 2 N–H and O–H groups in total. The summed E-state index contributed by atoms with van der Waals surface area (Å²) in [5, 5.41) is 17.7. The van der Waals surface area contributed by atoms with Crippen LogP contribution in [0.15, 0.2) is 30.5 Å². The first kappa shape index (κ1) is 9.61. The van der Waals surface area contributed by atoms with Crippen molar-refractivity contribution in [2.24, 2.45) is 0 Å². The van der Waals surface area contributed by atoms with Crippen LogP contribution >= 0.6 is 0 Å². The molecule has 0 atom stereocenters. The number of aliphatic hydroxyl groups excluding tert-OH is 2. The highest BCUT2D eigenvalue weighted by atomic mass is 16.5. The molecule has 0 fully saturated rings. The molecule has 0 bridgehead atoms. The summed E-state index contributed by atoms with van der Waals surface area (Å²) in [7, 11) is 1.57. The summed E-state index contributed by atoms with van der Waals surface area (Å²) < 4.78 is 5.00. The van der Waals surface area contributed by atoms with E-state index in [-0.39, 0.29) is 6.61 Å². The van der Waals surface area contributed by atoms with Crippen molar-refractivity contribution in [3.05, 3.63) is 36.1 Å². The van der Waals surface area contributed by atoms with Crippen molar-refractivity contribution in [2.45, 2.75) is 0 Å². The van der Waals surface area contributed by atoms with Crippen molar-refractivity contribution in [1.82, 2.24) is 0 Å². The molecule has 0 amide bonds. The number of methoxy groups -OCH3 is 1. The van der Waals surface area contributed by atoms with Crippen molar-refractivity contribution in [2.75, 3.05) is 13.7 Å². The third-order valence-electron chi connectivity index (χ3n) is 1.77. The molecule has 3 heteroatoms. The van der Waals surface area contributed by atoms with Crippen LogP contribution in [0.2, 0.25) is 0 Å². The van der Waals surface area contributed by atoms with E-state index in [0.29, 0.717) is 11.3 Å². The second-order valence-corrected chi connectivity index (χ2v) is 2.54. The summed E-state index contributed by atoms with van der Waals surface area (Å²) in [6, 6.07) is 7.14. The Morgan fingerprint density at radius 1 is 1.54 bits per heavy atom. The average molecular weight is 180 g/mol. The Labute approximate surface area is 76.9 Å². The molecule has 70 valence electrons. The zero-order valence-corrected chi connectivity index (χ0v) is 7.40. The van der Waals surface area contributed by atoms with Gasteiger partial charge in [-0.2, -0.15) is 0 Å². The van der Waals surface area contributed by atoms with E-state index in [4.69, 9.17) is 14.9 Å². The van der Waals surface area contributed by atoms with Crippen LogP contribution in [-0.4, -0.2) is 23.9 Å². The van der Waals surface area contributed by atoms with Crippen molar-refractivity contribution in [3.63, 3.8) is 0 Å². The molecule has 1 aromatic rings. The van der Waals surface area contributed by atoms with Crippen molar-refractivity contribution < 1.29 is 14.9 Å². The van der Waals surface area contributed by atoms with E-state index in [1.165, 1.54) is 0 Å². The van der Waals surface area contributed by atoms with Crippen LogP contribution in [0.5, 0.6) is 5.75 Å². The molecule has 13 heavy (non-hydrogen) atoms. The third-order valence-corrected chi connectivity index (χ3v) is 1.77. The van der Waals surface area contributed by atoms with Gasteiger partial charge in [-0.25, -0.2) is 0 Å². The number of aliphatic hydroxyl groups is 2. The van der Waals surface area contributed by atoms with Gasteiger partial charge in [-0.15, -0.1) is 0 Å². The second-order valence-electron chi connectivity index (χ2n) is 2.54. The summed E-state index contributed by atoms with van der Waals surface area (Å²) in [5.41, 5.74) is 1.23. The van der Waals surface area contributed by atoms with Crippen LogP contribution in [0, 0.1) is 0 Å². The number of hydrogen-bond acceptors (Lipinski definition) is 3.